The standard InChI is InChI=1S/C24H28F4N4O2.C12H12F3NO2.C12H18FN3O/c1-32(2)17(11-15-3-4-18(22(29)34)20(25)12-15)14-31-21(33)13-19(16-5-9-30-10-6-16)23(7-8-23)24(26,27)28;13-12(14,15)11(3-4-11)9(7-10(17)18)8-1-5-16-6-2-8;1-16(2)9(7-14)5-8-3-4-10(12(15)17)11(13)6-8/h3-6,9-10,12,17,19H,7-8,11,13-14H2,1-2H3,(H2,29,34)(H,31,33);1-2,5-6,9H,3-4,7H2,(H,17,18);3-4,6,9H,5,7,14H2,1-2H3,(H2,15,17)/t17-,19?;;9-/m0.0/s1. The summed E-state index contributed by atoms with van der Waals surface area (Å²) in [5.74, 6) is -6.65. The number of aromatic nitrogens is 2. The lowest BCUT2D eigenvalue weighted by atomic mass is 9.80. The van der Waals surface area contributed by atoms with Gasteiger partial charge in [-0.3, -0.25) is 29.1 Å². The Labute approximate surface area is 394 Å². The van der Waals surface area contributed by atoms with Crippen LogP contribution in [-0.2, 0) is 22.4 Å². The van der Waals surface area contributed by atoms with Gasteiger partial charge in [0.05, 0.1) is 28.4 Å². The zero-order valence-corrected chi connectivity index (χ0v) is 38.6. The summed E-state index contributed by atoms with van der Waals surface area (Å²) < 4.78 is 108. The number of nitrogens with one attached hydrogen (secondary N) is 1. The number of carboxylic acids is 1. The summed E-state index contributed by atoms with van der Waals surface area (Å²) in [5.41, 5.74) is 14.0. The van der Waals surface area contributed by atoms with Gasteiger partial charge in [0.1, 0.15) is 11.6 Å². The Morgan fingerprint density at radius 2 is 1.03 bits per heavy atom. The molecule has 3 amide bonds. The summed E-state index contributed by atoms with van der Waals surface area (Å²) >= 11 is 0. The molecular weight excluding hydrogens is 921 g/mol. The van der Waals surface area contributed by atoms with E-state index in [0.29, 0.717) is 36.1 Å². The van der Waals surface area contributed by atoms with Crippen LogP contribution in [0.25, 0.3) is 0 Å². The number of pyridine rings is 2. The van der Waals surface area contributed by atoms with Crippen LogP contribution < -0.4 is 22.5 Å². The number of hydrogen-bond donors (Lipinski definition) is 5. The van der Waals surface area contributed by atoms with Gasteiger partial charge in [-0.2, -0.15) is 26.3 Å². The molecule has 2 aromatic carbocycles. The summed E-state index contributed by atoms with van der Waals surface area (Å²) in [6.07, 6.45) is -2.99. The van der Waals surface area contributed by atoms with Gasteiger partial charge < -0.3 is 37.4 Å². The Kier molecular flexibility index (Phi) is 18.9. The molecule has 0 aliphatic heterocycles. The molecular formula is C48H58F8N8O5. The van der Waals surface area contributed by atoms with Gasteiger partial charge in [0.25, 0.3) is 11.8 Å². The van der Waals surface area contributed by atoms with Crippen LogP contribution in [0.1, 0.15) is 93.3 Å². The number of aliphatic carboxylic acids is 1. The smallest absolute Gasteiger partial charge is 0.395 e. The maximum atomic E-state index is 14.1. The number of nitrogens with zero attached hydrogens (tertiary/aromatic N) is 4. The fourth-order valence-electron chi connectivity index (χ4n) is 8.28. The van der Waals surface area contributed by atoms with Crippen molar-refractivity contribution in [1.29, 1.82) is 0 Å². The summed E-state index contributed by atoms with van der Waals surface area (Å²) in [5, 5.41) is 11.6. The molecule has 0 saturated heterocycles. The summed E-state index contributed by atoms with van der Waals surface area (Å²) in [7, 11) is 7.42. The highest BCUT2D eigenvalue weighted by molar-refractivity contribution is 5.93. The minimum atomic E-state index is -4.41. The Hall–Kier alpha value is -6.06. The SMILES string of the molecule is CN(C)[C@H](CN)Cc1ccc(C(N)=O)c(F)c1.CN(C)[C@H](CNC(=O)CC(c1ccncc1)C1(C(F)(F)F)CC1)Cc1ccc(C(N)=O)c(F)c1.O=C(O)CC(c1ccncc1)C1(C(F)(F)F)CC1. The van der Waals surface area contributed by atoms with Gasteiger partial charge in [-0.15, -0.1) is 0 Å². The van der Waals surface area contributed by atoms with Crippen LogP contribution >= 0.6 is 0 Å². The van der Waals surface area contributed by atoms with Crippen molar-refractivity contribution < 1.29 is 59.4 Å². The first-order valence-corrected chi connectivity index (χ1v) is 21.9. The topological polar surface area (TPSA) is 211 Å². The van der Waals surface area contributed by atoms with Crippen LogP contribution in [0, 0.1) is 22.5 Å². The summed E-state index contributed by atoms with van der Waals surface area (Å²) in [6.45, 7) is 0.652. The molecule has 2 unspecified atom stereocenters. The van der Waals surface area contributed by atoms with Crippen molar-refractivity contribution >= 4 is 23.7 Å². The average molecular weight is 979 g/mol. The molecule has 4 aromatic rings. The molecule has 2 aromatic heterocycles. The van der Waals surface area contributed by atoms with Gasteiger partial charge >= 0.3 is 18.3 Å². The van der Waals surface area contributed by atoms with E-state index in [2.05, 4.69) is 15.3 Å². The van der Waals surface area contributed by atoms with Gasteiger partial charge in [0.15, 0.2) is 0 Å². The number of halogens is 8. The van der Waals surface area contributed by atoms with E-state index in [4.69, 9.17) is 22.3 Å². The molecule has 2 saturated carbocycles. The fraction of sp³-hybridized carbons (Fsp3) is 0.458. The average Bonchev–Trinajstić information content (AvgIpc) is 4.21. The van der Waals surface area contributed by atoms with Gasteiger partial charge in [-0.1, -0.05) is 12.1 Å². The molecule has 6 rings (SSSR count). The second kappa shape index (κ2) is 23.5. The fourth-order valence-corrected chi connectivity index (χ4v) is 8.28. The van der Waals surface area contributed by atoms with Crippen LogP contribution in [0.4, 0.5) is 35.1 Å². The van der Waals surface area contributed by atoms with E-state index >= 15 is 0 Å². The maximum absolute atomic E-state index is 14.1. The first kappa shape index (κ1) is 55.5. The zero-order chi connectivity index (χ0) is 51.5. The first-order valence-electron chi connectivity index (χ1n) is 21.9. The number of carboxylic acid groups (broad SMARTS) is 1. The Morgan fingerprint density at radius 1 is 0.652 bits per heavy atom. The normalized spacial score (nSPS) is 16.4. The van der Waals surface area contributed by atoms with Gasteiger partial charge in [0.2, 0.25) is 5.91 Å². The zero-order valence-electron chi connectivity index (χ0n) is 38.6. The minimum Gasteiger partial charge on any atom is -0.481 e. The number of benzene rings is 2. The Balaban J connectivity index is 0.000000249. The molecule has 69 heavy (non-hydrogen) atoms. The van der Waals surface area contributed by atoms with Crippen molar-refractivity contribution in [2.24, 2.45) is 28.0 Å². The third kappa shape index (κ3) is 14.7. The predicted molar refractivity (Wildman–Crippen MR) is 241 cm³/mol. The molecule has 2 aliphatic rings. The molecule has 21 heteroatoms. The van der Waals surface area contributed by atoms with Gasteiger partial charge in [-0.25, -0.2) is 8.78 Å². The third-order valence-electron chi connectivity index (χ3n) is 12.8. The lowest BCUT2D eigenvalue weighted by Crippen LogP contribution is -2.42. The lowest BCUT2D eigenvalue weighted by Gasteiger charge is -2.30. The molecule has 376 valence electrons. The monoisotopic (exact) mass is 978 g/mol. The number of nitrogens with two attached hydrogens (primary N) is 3. The van der Waals surface area contributed by atoms with Gasteiger partial charge in [-0.05, 0) is 138 Å². The highest BCUT2D eigenvalue weighted by Crippen LogP contribution is 2.67. The quantitative estimate of drug-likeness (QED) is 0.0623. The van der Waals surface area contributed by atoms with Crippen molar-refractivity contribution in [2.45, 2.75) is 87.6 Å². The second-order valence-electron chi connectivity index (χ2n) is 17.8. The predicted octanol–water partition coefficient (Wildman–Crippen LogP) is 6.76. The van der Waals surface area contributed by atoms with Crippen LogP contribution in [0.2, 0.25) is 0 Å². The lowest BCUT2D eigenvalue weighted by molar-refractivity contribution is -0.196. The summed E-state index contributed by atoms with van der Waals surface area (Å²) in [4.78, 5) is 57.1. The van der Waals surface area contributed by atoms with Crippen molar-refractivity contribution in [3.05, 3.63) is 130 Å². The van der Waals surface area contributed by atoms with Crippen LogP contribution in [-0.4, -0.2) is 114 Å². The van der Waals surface area contributed by atoms with E-state index in [1.54, 1.807) is 26.2 Å². The van der Waals surface area contributed by atoms with Crippen molar-refractivity contribution in [1.82, 2.24) is 25.1 Å². The number of carbonyl (C=O) groups excluding carboxylic acids is 3. The Morgan fingerprint density at radius 3 is 1.33 bits per heavy atom. The number of rotatable bonds is 19. The third-order valence-corrected chi connectivity index (χ3v) is 12.8. The van der Waals surface area contributed by atoms with Crippen molar-refractivity contribution in [2.75, 3.05) is 41.3 Å². The molecule has 2 fully saturated rings. The molecule has 2 heterocycles. The largest absolute Gasteiger partial charge is 0.481 e. The number of alkyl halides is 6. The van der Waals surface area contributed by atoms with E-state index in [1.807, 2.05) is 23.9 Å². The van der Waals surface area contributed by atoms with Crippen LogP contribution in [0.15, 0.2) is 85.5 Å². The summed E-state index contributed by atoms with van der Waals surface area (Å²) in [6, 6.07) is 14.4. The molecule has 8 N–H and O–H groups in total. The molecule has 2 aliphatic carbocycles. The molecule has 0 spiro atoms. The number of amides is 3. The van der Waals surface area contributed by atoms with E-state index in [1.165, 1.54) is 73.3 Å². The number of primary amides is 2. The van der Waals surface area contributed by atoms with Crippen molar-refractivity contribution in [3.8, 4) is 0 Å². The second-order valence-corrected chi connectivity index (χ2v) is 17.8. The molecule has 0 radical (unpaired) electrons. The molecule has 4 atom stereocenters. The van der Waals surface area contributed by atoms with Gasteiger partial charge in [0, 0.05) is 68.2 Å². The Bertz CT molecular complexity index is 2360. The molecule has 13 nitrogen and oxygen atoms in total. The maximum Gasteiger partial charge on any atom is 0.395 e. The van der Waals surface area contributed by atoms with Crippen molar-refractivity contribution in [3.63, 3.8) is 0 Å². The first-order chi connectivity index (χ1) is 32.3. The number of carbonyl (C=O) groups is 4. The van der Waals surface area contributed by atoms with E-state index in [-0.39, 0.29) is 61.9 Å². The highest BCUT2D eigenvalue weighted by atomic mass is 19.4. The van der Waals surface area contributed by atoms with E-state index < -0.39 is 76.8 Å². The number of hydrogen-bond acceptors (Lipinski definition) is 9. The van der Waals surface area contributed by atoms with E-state index in [0.717, 1.165) is 5.56 Å². The van der Waals surface area contributed by atoms with Crippen LogP contribution in [0.3, 0.4) is 0 Å². The highest BCUT2D eigenvalue weighted by Gasteiger charge is 2.68. The number of likely N-dealkylation sites (N-methyl/N-ethyl adjacent to an activating group) is 2. The minimum absolute atomic E-state index is 0.00320. The van der Waals surface area contributed by atoms with Crippen LogP contribution in [0.5, 0.6) is 0 Å². The molecule has 0 bridgehead atoms. The van der Waals surface area contributed by atoms with E-state index in [9.17, 15) is 54.3 Å².